The van der Waals surface area contributed by atoms with Crippen LogP contribution in [0.5, 0.6) is 0 Å². The maximum Gasteiger partial charge on any atom is 0.319 e. The summed E-state index contributed by atoms with van der Waals surface area (Å²) >= 11 is 0. The second-order valence-electron chi connectivity index (χ2n) is 7.25. The van der Waals surface area contributed by atoms with Crippen molar-refractivity contribution in [1.82, 2.24) is 20.1 Å². The lowest BCUT2D eigenvalue weighted by atomic mass is 10.1. The summed E-state index contributed by atoms with van der Waals surface area (Å²) in [6, 6.07) is 6.01. The van der Waals surface area contributed by atoms with E-state index in [9.17, 15) is 4.79 Å². The summed E-state index contributed by atoms with van der Waals surface area (Å²) in [5, 5.41) is 14.2. The van der Waals surface area contributed by atoms with E-state index >= 15 is 0 Å². The number of rotatable bonds is 5. The molecule has 2 aromatic rings. The van der Waals surface area contributed by atoms with Crippen molar-refractivity contribution in [3.63, 3.8) is 0 Å². The van der Waals surface area contributed by atoms with Crippen LogP contribution in [0, 0.1) is 6.92 Å². The largest absolute Gasteiger partial charge is 0.378 e. The highest BCUT2D eigenvalue weighted by Gasteiger charge is 2.23. The first-order valence-electron chi connectivity index (χ1n) is 9.20. The number of nitrogens with zero attached hydrogens (tertiary/aromatic N) is 4. The summed E-state index contributed by atoms with van der Waals surface area (Å²) < 4.78 is 2.12. The van der Waals surface area contributed by atoms with Crippen LogP contribution < -0.4 is 15.5 Å². The van der Waals surface area contributed by atoms with Gasteiger partial charge in [0.05, 0.1) is 6.04 Å². The summed E-state index contributed by atoms with van der Waals surface area (Å²) in [4.78, 5) is 14.5. The molecule has 0 bridgehead atoms. The van der Waals surface area contributed by atoms with Crippen molar-refractivity contribution in [2.24, 2.45) is 0 Å². The number of amides is 2. The van der Waals surface area contributed by atoms with Crippen molar-refractivity contribution in [3.8, 4) is 0 Å². The number of benzene rings is 1. The average Bonchev–Trinajstić information content (AvgIpc) is 3.27. The van der Waals surface area contributed by atoms with Crippen LogP contribution in [0.4, 0.5) is 16.2 Å². The molecule has 7 nitrogen and oxygen atoms in total. The van der Waals surface area contributed by atoms with Crippen LogP contribution >= 0.6 is 0 Å². The van der Waals surface area contributed by atoms with Gasteiger partial charge in [0.25, 0.3) is 0 Å². The number of carbonyl (C=O) groups excluding carboxylic acids is 1. The van der Waals surface area contributed by atoms with Crippen molar-refractivity contribution < 1.29 is 4.79 Å². The first kappa shape index (κ1) is 18.2. The zero-order valence-corrected chi connectivity index (χ0v) is 16.0. The minimum Gasteiger partial charge on any atom is -0.378 e. The molecule has 0 aliphatic heterocycles. The molecular weight excluding hydrogens is 328 g/mol. The van der Waals surface area contributed by atoms with Gasteiger partial charge in [0.1, 0.15) is 6.33 Å². The first-order chi connectivity index (χ1) is 12.5. The van der Waals surface area contributed by atoms with Gasteiger partial charge < -0.3 is 20.1 Å². The van der Waals surface area contributed by atoms with Crippen LogP contribution in [0.1, 0.15) is 56.1 Å². The SMILES string of the molecule is Cc1ccc(N(C)C)cc1NC(=O)NC(C)c1nncn1C1CCCC1. The Labute approximate surface area is 154 Å². The van der Waals surface area contributed by atoms with Crippen LogP contribution in [-0.2, 0) is 0 Å². The molecule has 0 spiro atoms. The maximum atomic E-state index is 12.5. The summed E-state index contributed by atoms with van der Waals surface area (Å²) in [5.74, 6) is 0.811. The van der Waals surface area contributed by atoms with Gasteiger partial charge in [-0.2, -0.15) is 0 Å². The standard InChI is InChI=1S/C19H28N6O/c1-13-9-10-16(24(3)4)11-17(13)22-19(26)21-14(2)18-23-20-12-25(18)15-7-5-6-8-15/h9-12,14-15H,5-8H2,1-4H3,(H2,21,22,26). The molecule has 1 aromatic heterocycles. The van der Waals surface area contributed by atoms with Crippen LogP contribution in [0.25, 0.3) is 0 Å². The molecule has 1 aliphatic carbocycles. The summed E-state index contributed by atoms with van der Waals surface area (Å²) in [7, 11) is 3.96. The minimum atomic E-state index is -0.238. The molecule has 1 atom stereocenters. The molecule has 1 aliphatic rings. The topological polar surface area (TPSA) is 75.1 Å². The zero-order chi connectivity index (χ0) is 18.7. The third kappa shape index (κ3) is 3.98. The number of hydrogen-bond acceptors (Lipinski definition) is 4. The molecule has 1 fully saturated rings. The van der Waals surface area contributed by atoms with Crippen molar-refractivity contribution in [2.45, 2.75) is 51.6 Å². The summed E-state index contributed by atoms with van der Waals surface area (Å²) in [6.07, 6.45) is 6.57. The van der Waals surface area contributed by atoms with E-state index in [-0.39, 0.29) is 12.1 Å². The Balaban J connectivity index is 1.67. The van der Waals surface area contributed by atoms with Crippen LogP contribution in [0.2, 0.25) is 0 Å². The molecule has 2 N–H and O–H groups in total. The molecule has 1 saturated carbocycles. The third-order valence-corrected chi connectivity index (χ3v) is 5.04. The quantitative estimate of drug-likeness (QED) is 0.857. The van der Waals surface area contributed by atoms with Gasteiger partial charge in [-0.15, -0.1) is 10.2 Å². The van der Waals surface area contributed by atoms with E-state index in [4.69, 9.17) is 0 Å². The Bertz CT molecular complexity index is 763. The lowest BCUT2D eigenvalue weighted by molar-refractivity contribution is 0.248. The Morgan fingerprint density at radius 2 is 2.04 bits per heavy atom. The average molecular weight is 356 g/mol. The molecule has 140 valence electrons. The maximum absolute atomic E-state index is 12.5. The van der Waals surface area contributed by atoms with Gasteiger partial charge in [0.2, 0.25) is 0 Å². The van der Waals surface area contributed by atoms with E-state index in [0.717, 1.165) is 35.6 Å². The fourth-order valence-corrected chi connectivity index (χ4v) is 3.47. The molecular formula is C19H28N6O. The van der Waals surface area contributed by atoms with Crippen molar-refractivity contribution in [1.29, 1.82) is 0 Å². The minimum absolute atomic E-state index is 0.213. The Hall–Kier alpha value is -2.57. The third-order valence-electron chi connectivity index (χ3n) is 5.04. The molecule has 3 rings (SSSR count). The molecule has 26 heavy (non-hydrogen) atoms. The molecule has 0 saturated heterocycles. The lowest BCUT2D eigenvalue weighted by Gasteiger charge is -2.20. The molecule has 1 unspecified atom stereocenters. The van der Waals surface area contributed by atoms with Crippen LogP contribution in [0.3, 0.4) is 0 Å². The molecule has 7 heteroatoms. The second kappa shape index (κ2) is 7.76. The van der Waals surface area contributed by atoms with Gasteiger partial charge >= 0.3 is 6.03 Å². The normalized spacial score (nSPS) is 15.7. The van der Waals surface area contributed by atoms with Gasteiger partial charge in [0.15, 0.2) is 5.82 Å². The number of anilines is 2. The number of urea groups is 1. The van der Waals surface area contributed by atoms with E-state index in [1.165, 1.54) is 12.8 Å². The predicted molar refractivity (Wildman–Crippen MR) is 104 cm³/mol. The van der Waals surface area contributed by atoms with Gasteiger partial charge in [-0.05, 0) is 44.4 Å². The number of aromatic nitrogens is 3. The number of nitrogens with one attached hydrogen (secondary N) is 2. The summed E-state index contributed by atoms with van der Waals surface area (Å²) in [5.41, 5.74) is 2.87. The van der Waals surface area contributed by atoms with Gasteiger partial charge in [0, 0.05) is 31.5 Å². The predicted octanol–water partition coefficient (Wildman–Crippen LogP) is 3.65. The van der Waals surface area contributed by atoms with Crippen molar-refractivity contribution >= 4 is 17.4 Å². The summed E-state index contributed by atoms with van der Waals surface area (Å²) in [6.45, 7) is 3.92. The monoisotopic (exact) mass is 356 g/mol. The van der Waals surface area contributed by atoms with E-state index in [0.29, 0.717) is 6.04 Å². The molecule has 1 heterocycles. The molecule has 2 amide bonds. The smallest absolute Gasteiger partial charge is 0.319 e. The highest BCUT2D eigenvalue weighted by molar-refractivity contribution is 5.91. The van der Waals surface area contributed by atoms with Gasteiger partial charge in [-0.1, -0.05) is 18.9 Å². The number of aryl methyl sites for hydroxylation is 1. The highest BCUT2D eigenvalue weighted by Crippen LogP contribution is 2.31. The van der Waals surface area contributed by atoms with Crippen molar-refractivity contribution in [3.05, 3.63) is 35.9 Å². The van der Waals surface area contributed by atoms with E-state index < -0.39 is 0 Å². The second-order valence-corrected chi connectivity index (χ2v) is 7.25. The molecule has 0 radical (unpaired) electrons. The van der Waals surface area contributed by atoms with Crippen LogP contribution in [-0.4, -0.2) is 34.9 Å². The van der Waals surface area contributed by atoms with E-state index in [1.807, 2.05) is 51.0 Å². The van der Waals surface area contributed by atoms with Crippen molar-refractivity contribution in [2.75, 3.05) is 24.3 Å². The fraction of sp³-hybridized carbons (Fsp3) is 0.526. The van der Waals surface area contributed by atoms with Gasteiger partial charge in [-0.3, -0.25) is 0 Å². The number of hydrogen-bond donors (Lipinski definition) is 2. The van der Waals surface area contributed by atoms with Crippen LogP contribution in [0.15, 0.2) is 24.5 Å². The lowest BCUT2D eigenvalue weighted by Crippen LogP contribution is -2.33. The molecule has 1 aromatic carbocycles. The van der Waals surface area contributed by atoms with E-state index in [1.54, 1.807) is 6.33 Å². The zero-order valence-electron chi connectivity index (χ0n) is 16.0. The van der Waals surface area contributed by atoms with E-state index in [2.05, 4.69) is 25.4 Å². The highest BCUT2D eigenvalue weighted by atomic mass is 16.2. The Kier molecular flexibility index (Phi) is 5.44. The van der Waals surface area contributed by atoms with Gasteiger partial charge in [-0.25, -0.2) is 4.79 Å². The number of carbonyl (C=O) groups is 1. The Morgan fingerprint density at radius 1 is 1.31 bits per heavy atom. The fourth-order valence-electron chi connectivity index (χ4n) is 3.47. The first-order valence-corrected chi connectivity index (χ1v) is 9.20. The Morgan fingerprint density at radius 3 is 2.73 bits per heavy atom.